The summed E-state index contributed by atoms with van der Waals surface area (Å²) in [6.07, 6.45) is 1.43. The number of carbonyl (C=O) groups excluding carboxylic acids is 2. The van der Waals surface area contributed by atoms with E-state index in [1.54, 1.807) is 54.6 Å². The summed E-state index contributed by atoms with van der Waals surface area (Å²) in [5, 5.41) is 14.9. The number of hydrogen-bond acceptors (Lipinski definition) is 4. The van der Waals surface area contributed by atoms with Crippen LogP contribution in [0.25, 0.3) is 6.08 Å². The summed E-state index contributed by atoms with van der Waals surface area (Å²) in [5.74, 6) is -1.20. The van der Waals surface area contributed by atoms with Gasteiger partial charge in [-0.3, -0.25) is 9.59 Å². The average molecular weight is 450 g/mol. The first-order valence-electron chi connectivity index (χ1n) is 9.40. The normalized spacial score (nSPS) is 10.7. The van der Waals surface area contributed by atoms with Crippen molar-refractivity contribution >= 4 is 40.9 Å². The fourth-order valence-electron chi connectivity index (χ4n) is 2.60. The van der Waals surface area contributed by atoms with Gasteiger partial charge in [0.25, 0.3) is 11.8 Å². The summed E-state index contributed by atoms with van der Waals surface area (Å²) < 4.78 is 19.0. The third kappa shape index (κ3) is 6.42. The van der Waals surface area contributed by atoms with Crippen molar-refractivity contribution < 1.29 is 18.7 Å². The zero-order valence-corrected chi connectivity index (χ0v) is 17.4. The molecule has 0 radical (unpaired) electrons. The van der Waals surface area contributed by atoms with Crippen molar-refractivity contribution in [3.05, 3.63) is 94.8 Å². The van der Waals surface area contributed by atoms with Gasteiger partial charge in [0.2, 0.25) is 0 Å². The van der Waals surface area contributed by atoms with E-state index >= 15 is 0 Å². The van der Waals surface area contributed by atoms with Crippen LogP contribution in [0.1, 0.15) is 5.56 Å². The molecule has 6 nitrogen and oxygen atoms in total. The molecule has 0 saturated heterocycles. The Morgan fingerprint density at radius 2 is 1.69 bits per heavy atom. The molecule has 2 N–H and O–H groups in total. The van der Waals surface area contributed by atoms with Crippen LogP contribution in [0, 0.1) is 17.1 Å². The second kappa shape index (κ2) is 10.8. The van der Waals surface area contributed by atoms with E-state index in [0.29, 0.717) is 22.0 Å². The van der Waals surface area contributed by atoms with Crippen LogP contribution < -0.4 is 15.4 Å². The van der Waals surface area contributed by atoms with Gasteiger partial charge in [0.05, 0.1) is 5.69 Å². The summed E-state index contributed by atoms with van der Waals surface area (Å²) in [4.78, 5) is 24.3. The molecule has 0 aromatic heterocycles. The number of carbonyl (C=O) groups is 2. The van der Waals surface area contributed by atoms with Crippen molar-refractivity contribution in [2.24, 2.45) is 0 Å². The number of benzene rings is 3. The first-order valence-corrected chi connectivity index (χ1v) is 9.78. The minimum absolute atomic E-state index is 0.0718. The molecule has 0 bridgehead atoms. The van der Waals surface area contributed by atoms with Crippen molar-refractivity contribution in [1.82, 2.24) is 0 Å². The quantitative estimate of drug-likeness (QED) is 0.390. The highest BCUT2D eigenvalue weighted by molar-refractivity contribution is 6.30. The molecule has 3 aromatic rings. The molecule has 0 aliphatic rings. The van der Waals surface area contributed by atoms with E-state index in [2.05, 4.69) is 10.6 Å². The van der Waals surface area contributed by atoms with E-state index in [0.717, 1.165) is 0 Å². The Bertz CT molecular complexity index is 1190. The maximum Gasteiger partial charge on any atom is 0.266 e. The van der Waals surface area contributed by atoms with Crippen molar-refractivity contribution in [3.63, 3.8) is 0 Å². The number of para-hydroxylation sites is 1. The molecule has 3 aromatic carbocycles. The fraction of sp³-hybridized carbons (Fsp3) is 0.0417. The van der Waals surface area contributed by atoms with Gasteiger partial charge in [-0.25, -0.2) is 4.39 Å². The van der Waals surface area contributed by atoms with Crippen LogP contribution in [0.4, 0.5) is 15.8 Å². The zero-order chi connectivity index (χ0) is 22.9. The summed E-state index contributed by atoms with van der Waals surface area (Å²) >= 11 is 5.82. The second-order valence-electron chi connectivity index (χ2n) is 6.52. The summed E-state index contributed by atoms with van der Waals surface area (Å²) in [6.45, 7) is -0.309. The van der Waals surface area contributed by atoms with E-state index in [1.165, 1.54) is 24.3 Å². The van der Waals surface area contributed by atoms with Gasteiger partial charge in [-0.1, -0.05) is 35.9 Å². The molecule has 32 heavy (non-hydrogen) atoms. The van der Waals surface area contributed by atoms with Crippen LogP contribution in [0.5, 0.6) is 5.75 Å². The number of halogens is 2. The minimum atomic E-state index is -0.556. The predicted octanol–water partition coefficient (Wildman–Crippen LogP) is 5.04. The van der Waals surface area contributed by atoms with Crippen LogP contribution in [0.2, 0.25) is 5.02 Å². The molecule has 0 atom stereocenters. The fourth-order valence-corrected chi connectivity index (χ4v) is 2.73. The molecular formula is C24H17ClFN3O3. The van der Waals surface area contributed by atoms with Crippen molar-refractivity contribution in [3.8, 4) is 11.8 Å². The largest absolute Gasteiger partial charge is 0.484 e. The number of rotatable bonds is 7. The SMILES string of the molecule is N#CC(=Cc1ccc(OCC(=O)Nc2ccccc2F)cc1)C(=O)Nc1ccc(Cl)cc1. The molecule has 0 heterocycles. The van der Waals surface area contributed by atoms with Crippen molar-refractivity contribution in [1.29, 1.82) is 5.26 Å². The van der Waals surface area contributed by atoms with Crippen LogP contribution in [0.15, 0.2) is 78.4 Å². The van der Waals surface area contributed by atoms with Gasteiger partial charge in [-0.15, -0.1) is 0 Å². The molecule has 160 valence electrons. The lowest BCUT2D eigenvalue weighted by Crippen LogP contribution is -2.20. The Morgan fingerprint density at radius 1 is 1.00 bits per heavy atom. The summed E-state index contributed by atoms with van der Waals surface area (Å²) in [7, 11) is 0. The molecule has 0 aliphatic heterocycles. The minimum Gasteiger partial charge on any atom is -0.484 e. The Kier molecular flexibility index (Phi) is 7.57. The number of amides is 2. The van der Waals surface area contributed by atoms with Crippen LogP contribution in [-0.4, -0.2) is 18.4 Å². The second-order valence-corrected chi connectivity index (χ2v) is 6.95. The molecule has 0 aliphatic carbocycles. The van der Waals surface area contributed by atoms with Crippen LogP contribution >= 0.6 is 11.6 Å². The number of nitriles is 1. The van der Waals surface area contributed by atoms with Crippen molar-refractivity contribution in [2.45, 2.75) is 0 Å². The zero-order valence-electron chi connectivity index (χ0n) is 16.6. The first-order chi connectivity index (χ1) is 15.4. The summed E-state index contributed by atoms with van der Waals surface area (Å²) in [6, 6.07) is 20.7. The van der Waals surface area contributed by atoms with Gasteiger partial charge in [-0.05, 0) is 60.2 Å². The van der Waals surface area contributed by atoms with Gasteiger partial charge in [0, 0.05) is 10.7 Å². The van der Waals surface area contributed by atoms with Crippen LogP contribution in [0.3, 0.4) is 0 Å². The van der Waals surface area contributed by atoms with Crippen LogP contribution in [-0.2, 0) is 9.59 Å². The lowest BCUT2D eigenvalue weighted by Gasteiger charge is -2.08. The van der Waals surface area contributed by atoms with Gasteiger partial charge in [0.15, 0.2) is 6.61 Å². The molecular weight excluding hydrogens is 433 g/mol. The van der Waals surface area contributed by atoms with E-state index in [4.69, 9.17) is 16.3 Å². The van der Waals surface area contributed by atoms with Gasteiger partial charge in [0.1, 0.15) is 23.2 Å². The molecule has 0 fully saturated rings. The average Bonchev–Trinajstić information content (AvgIpc) is 2.80. The third-order valence-corrected chi connectivity index (χ3v) is 4.43. The maximum absolute atomic E-state index is 13.6. The van der Waals surface area contributed by atoms with E-state index in [9.17, 15) is 19.2 Å². The first kappa shape index (κ1) is 22.5. The molecule has 0 spiro atoms. The van der Waals surface area contributed by atoms with E-state index in [-0.39, 0.29) is 17.9 Å². The molecule has 2 amide bonds. The Balaban J connectivity index is 1.57. The monoisotopic (exact) mass is 449 g/mol. The maximum atomic E-state index is 13.6. The van der Waals surface area contributed by atoms with Gasteiger partial charge < -0.3 is 15.4 Å². The highest BCUT2D eigenvalue weighted by atomic mass is 35.5. The lowest BCUT2D eigenvalue weighted by molar-refractivity contribution is -0.118. The lowest BCUT2D eigenvalue weighted by atomic mass is 10.1. The molecule has 0 saturated carbocycles. The summed E-state index contributed by atoms with van der Waals surface area (Å²) in [5.41, 5.74) is 1.09. The highest BCUT2D eigenvalue weighted by Crippen LogP contribution is 2.17. The highest BCUT2D eigenvalue weighted by Gasteiger charge is 2.10. The molecule has 0 unspecified atom stereocenters. The smallest absolute Gasteiger partial charge is 0.266 e. The molecule has 3 rings (SSSR count). The number of anilines is 2. The van der Waals surface area contributed by atoms with E-state index < -0.39 is 17.6 Å². The molecule has 8 heteroatoms. The number of hydrogen-bond donors (Lipinski definition) is 2. The standard InChI is InChI=1S/C24H17ClFN3O3/c25-18-7-9-19(10-8-18)28-24(31)17(14-27)13-16-5-11-20(12-6-16)32-15-23(30)29-22-4-2-1-3-21(22)26/h1-13H,15H2,(H,28,31)(H,29,30). The third-order valence-electron chi connectivity index (χ3n) is 4.18. The van der Waals surface area contributed by atoms with Gasteiger partial charge in [-0.2, -0.15) is 5.26 Å². The Labute approximate surface area is 188 Å². The number of nitrogens with one attached hydrogen (secondary N) is 2. The van der Waals surface area contributed by atoms with Crippen molar-refractivity contribution in [2.75, 3.05) is 17.2 Å². The van der Waals surface area contributed by atoms with E-state index in [1.807, 2.05) is 6.07 Å². The number of ether oxygens (including phenoxy) is 1. The predicted molar refractivity (Wildman–Crippen MR) is 121 cm³/mol. The Hall–Kier alpha value is -4.15. The topological polar surface area (TPSA) is 91.2 Å². The number of nitrogens with zero attached hydrogens (tertiary/aromatic N) is 1. The van der Waals surface area contributed by atoms with Gasteiger partial charge >= 0.3 is 0 Å². The Morgan fingerprint density at radius 3 is 2.34 bits per heavy atom.